The van der Waals surface area contributed by atoms with Crippen LogP contribution in [0.25, 0.3) is 0 Å². The van der Waals surface area contributed by atoms with Crippen molar-refractivity contribution in [2.45, 2.75) is 62.2 Å². The third-order valence-electron chi connectivity index (χ3n) is 3.61. The van der Waals surface area contributed by atoms with E-state index in [1.54, 1.807) is 0 Å². The molecule has 2 fully saturated rings. The lowest BCUT2D eigenvalue weighted by atomic mass is 9.98. The van der Waals surface area contributed by atoms with Gasteiger partial charge in [0.1, 0.15) is 5.60 Å². The lowest BCUT2D eigenvalue weighted by Gasteiger charge is -2.26. The van der Waals surface area contributed by atoms with Crippen LogP contribution in [-0.2, 0) is 4.74 Å². The van der Waals surface area contributed by atoms with Crippen molar-refractivity contribution in [2.24, 2.45) is 5.73 Å². The average Bonchev–Trinajstić information content (AvgIpc) is 2.70. The fourth-order valence-corrected chi connectivity index (χ4v) is 4.50. The van der Waals surface area contributed by atoms with Crippen LogP contribution in [0, 0.1) is 0 Å². The molecule has 2 aliphatic rings. The average molecular weight is 272 g/mol. The Kier molecular flexibility index (Phi) is 3.58. The maximum atomic E-state index is 12.0. The molecule has 1 amide bonds. The summed E-state index contributed by atoms with van der Waals surface area (Å²) in [6.45, 7) is 9.46. The molecule has 4 nitrogen and oxygen atoms in total. The third-order valence-corrected chi connectivity index (χ3v) is 5.34. The number of likely N-dealkylation sites (tertiary alicyclic amines) is 1. The number of nitrogens with zero attached hydrogens (tertiary/aromatic N) is 1. The topological polar surface area (TPSA) is 55.6 Å². The molecule has 0 aromatic rings. The van der Waals surface area contributed by atoms with Gasteiger partial charge in [-0.25, -0.2) is 4.79 Å². The van der Waals surface area contributed by atoms with Gasteiger partial charge in [-0.1, -0.05) is 6.92 Å². The van der Waals surface area contributed by atoms with Gasteiger partial charge in [-0.05, 0) is 33.6 Å². The molecule has 0 saturated carbocycles. The highest BCUT2D eigenvalue weighted by atomic mass is 32.2. The summed E-state index contributed by atoms with van der Waals surface area (Å²) in [6.07, 6.45) is 1.86. The van der Waals surface area contributed by atoms with E-state index in [1.807, 2.05) is 37.4 Å². The zero-order valence-corrected chi connectivity index (χ0v) is 12.5. The minimum atomic E-state index is -0.417. The minimum absolute atomic E-state index is 0.176. The monoisotopic (exact) mass is 272 g/mol. The van der Waals surface area contributed by atoms with Gasteiger partial charge in [0.25, 0.3) is 0 Å². The second-order valence-corrected chi connectivity index (χ2v) is 8.37. The van der Waals surface area contributed by atoms with Gasteiger partial charge >= 0.3 is 6.09 Å². The Hall–Kier alpha value is -0.420. The van der Waals surface area contributed by atoms with E-state index in [-0.39, 0.29) is 16.9 Å². The summed E-state index contributed by atoms with van der Waals surface area (Å²) in [4.78, 5) is 13.9. The number of ether oxygens (including phenoxy) is 1. The molecular formula is C13H24N2O2S. The van der Waals surface area contributed by atoms with Gasteiger partial charge in [0, 0.05) is 29.1 Å². The van der Waals surface area contributed by atoms with Crippen molar-refractivity contribution in [1.82, 2.24) is 4.90 Å². The van der Waals surface area contributed by atoms with Crippen LogP contribution < -0.4 is 5.73 Å². The van der Waals surface area contributed by atoms with E-state index in [2.05, 4.69) is 6.92 Å². The first-order valence-electron chi connectivity index (χ1n) is 6.62. The summed E-state index contributed by atoms with van der Waals surface area (Å²) >= 11 is 1.95. The van der Waals surface area contributed by atoms with Gasteiger partial charge in [0.15, 0.2) is 0 Å². The van der Waals surface area contributed by atoms with E-state index in [0.29, 0.717) is 5.25 Å². The molecule has 1 spiro atoms. The molecule has 0 aromatic heterocycles. The number of rotatable bonds is 0. The molecule has 2 saturated heterocycles. The molecule has 5 heteroatoms. The molecule has 3 atom stereocenters. The maximum absolute atomic E-state index is 12.0. The van der Waals surface area contributed by atoms with Crippen molar-refractivity contribution in [2.75, 3.05) is 13.1 Å². The first kappa shape index (κ1) is 14.0. The second-order valence-electron chi connectivity index (χ2n) is 6.53. The van der Waals surface area contributed by atoms with Crippen LogP contribution in [0.3, 0.4) is 0 Å². The Morgan fingerprint density at radius 3 is 2.67 bits per heavy atom. The molecular weight excluding hydrogens is 248 g/mol. The summed E-state index contributed by atoms with van der Waals surface area (Å²) in [5.41, 5.74) is 5.68. The van der Waals surface area contributed by atoms with Crippen LogP contribution in [0.5, 0.6) is 0 Å². The van der Waals surface area contributed by atoms with E-state index < -0.39 is 5.60 Å². The number of hydrogen-bond donors (Lipinski definition) is 1. The zero-order chi connectivity index (χ0) is 13.6. The highest BCUT2D eigenvalue weighted by Crippen LogP contribution is 2.48. The first-order chi connectivity index (χ1) is 8.21. The van der Waals surface area contributed by atoms with Crippen molar-refractivity contribution in [3.05, 3.63) is 0 Å². The van der Waals surface area contributed by atoms with Crippen LogP contribution in [0.4, 0.5) is 4.79 Å². The summed E-state index contributed by atoms with van der Waals surface area (Å²) in [5.74, 6) is 0. The van der Waals surface area contributed by atoms with Crippen LogP contribution in [0.15, 0.2) is 0 Å². The Balaban J connectivity index is 1.95. The molecule has 0 bridgehead atoms. The molecule has 2 heterocycles. The van der Waals surface area contributed by atoms with Crippen LogP contribution >= 0.6 is 11.8 Å². The molecule has 3 unspecified atom stereocenters. The number of carbonyl (C=O) groups is 1. The fourth-order valence-electron chi connectivity index (χ4n) is 2.72. The number of thioether (sulfide) groups is 1. The Labute approximate surface area is 114 Å². The minimum Gasteiger partial charge on any atom is -0.444 e. The van der Waals surface area contributed by atoms with Crippen molar-refractivity contribution >= 4 is 17.9 Å². The SMILES string of the molecule is CC1SC2(CCN(C(=O)OC(C)(C)C)C2)CC1N. The van der Waals surface area contributed by atoms with E-state index in [4.69, 9.17) is 10.5 Å². The summed E-state index contributed by atoms with van der Waals surface area (Å²) < 4.78 is 5.60. The predicted molar refractivity (Wildman–Crippen MR) is 74.8 cm³/mol. The van der Waals surface area contributed by atoms with Gasteiger partial charge in [-0.3, -0.25) is 0 Å². The molecule has 104 valence electrons. The molecule has 0 aromatic carbocycles. The van der Waals surface area contributed by atoms with Crippen LogP contribution in [0.2, 0.25) is 0 Å². The lowest BCUT2D eigenvalue weighted by Crippen LogP contribution is -2.38. The van der Waals surface area contributed by atoms with Gasteiger partial charge in [0.05, 0.1) is 0 Å². The van der Waals surface area contributed by atoms with Gasteiger partial charge in [-0.2, -0.15) is 0 Å². The standard InChI is InChI=1S/C13H24N2O2S/c1-9-10(14)7-13(18-9)5-6-15(8-13)11(16)17-12(2,3)4/h9-10H,5-8,14H2,1-4H3. The summed E-state index contributed by atoms with van der Waals surface area (Å²) in [6, 6.07) is 0.258. The van der Waals surface area contributed by atoms with Gasteiger partial charge in [0.2, 0.25) is 0 Å². The van der Waals surface area contributed by atoms with Crippen LogP contribution in [-0.4, -0.2) is 45.7 Å². The largest absolute Gasteiger partial charge is 0.444 e. The Bertz CT molecular complexity index is 330. The molecule has 2 N–H and O–H groups in total. The highest BCUT2D eigenvalue weighted by Gasteiger charge is 2.48. The number of nitrogens with two attached hydrogens (primary N) is 1. The normalized spacial score (nSPS) is 36.4. The van der Waals surface area contributed by atoms with E-state index in [1.165, 1.54) is 0 Å². The number of hydrogen-bond acceptors (Lipinski definition) is 4. The smallest absolute Gasteiger partial charge is 0.410 e. The molecule has 2 aliphatic heterocycles. The van der Waals surface area contributed by atoms with Crippen molar-refractivity contribution in [3.63, 3.8) is 0 Å². The van der Waals surface area contributed by atoms with E-state index >= 15 is 0 Å². The summed E-state index contributed by atoms with van der Waals surface area (Å²) in [5, 5.41) is 0.489. The molecule has 0 radical (unpaired) electrons. The van der Waals surface area contributed by atoms with E-state index in [9.17, 15) is 4.79 Å². The number of carbonyl (C=O) groups excluding carboxylic acids is 1. The van der Waals surface area contributed by atoms with Gasteiger partial charge in [-0.15, -0.1) is 11.8 Å². The fraction of sp³-hybridized carbons (Fsp3) is 0.923. The van der Waals surface area contributed by atoms with Crippen LogP contribution in [0.1, 0.15) is 40.5 Å². The highest BCUT2D eigenvalue weighted by molar-refractivity contribution is 8.01. The lowest BCUT2D eigenvalue weighted by molar-refractivity contribution is 0.0290. The molecule has 0 aliphatic carbocycles. The van der Waals surface area contributed by atoms with Crippen molar-refractivity contribution < 1.29 is 9.53 Å². The van der Waals surface area contributed by atoms with Gasteiger partial charge < -0.3 is 15.4 Å². The number of amides is 1. The first-order valence-corrected chi connectivity index (χ1v) is 7.50. The third kappa shape index (κ3) is 2.94. The van der Waals surface area contributed by atoms with Crippen molar-refractivity contribution in [3.8, 4) is 0 Å². The second kappa shape index (κ2) is 4.60. The summed E-state index contributed by atoms with van der Waals surface area (Å²) in [7, 11) is 0. The Morgan fingerprint density at radius 2 is 2.17 bits per heavy atom. The molecule has 18 heavy (non-hydrogen) atoms. The zero-order valence-electron chi connectivity index (χ0n) is 11.7. The van der Waals surface area contributed by atoms with E-state index in [0.717, 1.165) is 25.9 Å². The Morgan fingerprint density at radius 1 is 1.50 bits per heavy atom. The predicted octanol–water partition coefficient (Wildman–Crippen LogP) is 2.22. The maximum Gasteiger partial charge on any atom is 0.410 e. The van der Waals surface area contributed by atoms with Crippen molar-refractivity contribution in [1.29, 1.82) is 0 Å². The quantitative estimate of drug-likeness (QED) is 0.734. The molecule has 2 rings (SSSR count).